The number of nitrogens with zero attached hydrogens (tertiary/aromatic N) is 2. The Balaban J connectivity index is 2.38. The van der Waals surface area contributed by atoms with E-state index in [1.165, 1.54) is 0 Å². The lowest BCUT2D eigenvalue weighted by Gasteiger charge is -2.17. The van der Waals surface area contributed by atoms with Crippen LogP contribution in [0.1, 0.15) is 32.4 Å². The maximum atomic E-state index is 5.62. The van der Waals surface area contributed by atoms with Crippen LogP contribution in [-0.4, -0.2) is 35.6 Å². The Morgan fingerprint density at radius 1 is 1.41 bits per heavy atom. The Hall–Kier alpha value is -0.870. The first-order valence-electron chi connectivity index (χ1n) is 6.55. The van der Waals surface area contributed by atoms with Crippen LogP contribution in [0.4, 0.5) is 0 Å². The molecule has 0 aliphatic rings. The van der Waals surface area contributed by atoms with Crippen molar-refractivity contribution in [3.63, 3.8) is 0 Å². The van der Waals surface area contributed by atoms with Crippen molar-refractivity contribution < 1.29 is 4.74 Å². The fourth-order valence-corrected chi connectivity index (χ4v) is 1.73. The first-order chi connectivity index (χ1) is 8.26. The second-order valence-corrected chi connectivity index (χ2v) is 4.41. The smallest absolute Gasteiger partial charge is 0.0640 e. The number of ether oxygens (including phenoxy) is 1. The second-order valence-electron chi connectivity index (χ2n) is 4.41. The Bertz CT molecular complexity index is 299. The van der Waals surface area contributed by atoms with Gasteiger partial charge in [0.1, 0.15) is 0 Å². The minimum atomic E-state index is 0.372. The van der Waals surface area contributed by atoms with Crippen LogP contribution in [0, 0.1) is 0 Å². The van der Waals surface area contributed by atoms with Gasteiger partial charge in [-0.1, -0.05) is 13.8 Å². The van der Waals surface area contributed by atoms with E-state index in [4.69, 9.17) is 4.74 Å². The van der Waals surface area contributed by atoms with Crippen LogP contribution in [0.3, 0.4) is 0 Å². The Kier molecular flexibility index (Phi) is 6.89. The third-order valence-corrected chi connectivity index (χ3v) is 2.57. The van der Waals surface area contributed by atoms with E-state index >= 15 is 0 Å². The fraction of sp³-hybridized carbons (Fsp3) is 0.769. The molecule has 17 heavy (non-hydrogen) atoms. The molecule has 0 bridgehead atoms. The summed E-state index contributed by atoms with van der Waals surface area (Å²) in [7, 11) is 1.95. The monoisotopic (exact) mass is 239 g/mol. The summed E-state index contributed by atoms with van der Waals surface area (Å²) in [6.07, 6.45) is 5.14. The highest BCUT2D eigenvalue weighted by Gasteiger charge is 2.10. The summed E-state index contributed by atoms with van der Waals surface area (Å²) in [5.41, 5.74) is 1.13. The van der Waals surface area contributed by atoms with E-state index in [-0.39, 0.29) is 0 Å². The van der Waals surface area contributed by atoms with Crippen molar-refractivity contribution in [2.75, 3.05) is 19.8 Å². The summed E-state index contributed by atoms with van der Waals surface area (Å²) in [5.74, 6) is 0. The molecular weight excluding hydrogens is 214 g/mol. The van der Waals surface area contributed by atoms with Gasteiger partial charge in [0.2, 0.25) is 0 Å². The van der Waals surface area contributed by atoms with Crippen molar-refractivity contribution in [1.82, 2.24) is 15.1 Å². The molecule has 4 heteroatoms. The molecule has 0 aliphatic carbocycles. The van der Waals surface area contributed by atoms with Gasteiger partial charge in [0.25, 0.3) is 0 Å². The maximum absolute atomic E-state index is 5.62. The van der Waals surface area contributed by atoms with E-state index in [1.54, 1.807) is 0 Å². The van der Waals surface area contributed by atoms with Crippen molar-refractivity contribution in [3.8, 4) is 0 Å². The van der Waals surface area contributed by atoms with Crippen molar-refractivity contribution in [2.45, 2.75) is 39.2 Å². The van der Waals surface area contributed by atoms with Crippen LogP contribution >= 0.6 is 0 Å². The molecule has 0 aromatic carbocycles. The van der Waals surface area contributed by atoms with Crippen molar-refractivity contribution >= 4 is 0 Å². The molecule has 0 saturated carbocycles. The van der Waals surface area contributed by atoms with E-state index in [2.05, 4.69) is 30.3 Å². The molecule has 1 atom stereocenters. The highest BCUT2D eigenvalue weighted by molar-refractivity contribution is 5.01. The van der Waals surface area contributed by atoms with Crippen molar-refractivity contribution in [1.29, 1.82) is 0 Å². The number of hydrogen-bond donors (Lipinski definition) is 1. The molecule has 0 aliphatic heterocycles. The lowest BCUT2D eigenvalue weighted by Crippen LogP contribution is -2.36. The van der Waals surface area contributed by atoms with Gasteiger partial charge in [0, 0.05) is 32.3 Å². The van der Waals surface area contributed by atoms with E-state index in [0.29, 0.717) is 6.04 Å². The Morgan fingerprint density at radius 2 is 2.24 bits per heavy atom. The van der Waals surface area contributed by atoms with Gasteiger partial charge in [0.05, 0.1) is 12.3 Å². The third kappa shape index (κ3) is 5.84. The molecule has 0 radical (unpaired) electrons. The van der Waals surface area contributed by atoms with E-state index in [1.807, 2.05) is 17.9 Å². The van der Waals surface area contributed by atoms with Gasteiger partial charge >= 0.3 is 0 Å². The predicted molar refractivity (Wildman–Crippen MR) is 70.1 cm³/mol. The number of hydrogen-bond acceptors (Lipinski definition) is 3. The van der Waals surface area contributed by atoms with Gasteiger partial charge in [-0.15, -0.1) is 0 Å². The van der Waals surface area contributed by atoms with E-state index in [9.17, 15) is 0 Å². The van der Waals surface area contributed by atoms with Crippen LogP contribution in [0.25, 0.3) is 0 Å². The topological polar surface area (TPSA) is 39.1 Å². The molecule has 98 valence electrons. The summed E-state index contributed by atoms with van der Waals surface area (Å²) in [6.45, 7) is 6.95. The molecule has 1 N–H and O–H groups in total. The molecule has 0 spiro atoms. The molecule has 0 fully saturated rings. The third-order valence-electron chi connectivity index (χ3n) is 2.57. The van der Waals surface area contributed by atoms with Crippen LogP contribution in [-0.2, 0) is 18.2 Å². The zero-order chi connectivity index (χ0) is 12.5. The summed E-state index contributed by atoms with van der Waals surface area (Å²) < 4.78 is 7.47. The lowest BCUT2D eigenvalue weighted by atomic mass is 10.1. The Morgan fingerprint density at radius 3 is 2.82 bits per heavy atom. The number of rotatable bonds is 9. The fourth-order valence-electron chi connectivity index (χ4n) is 1.73. The molecule has 1 unspecified atom stereocenters. The zero-order valence-corrected chi connectivity index (χ0v) is 11.3. The Labute approximate surface area is 104 Å². The van der Waals surface area contributed by atoms with Gasteiger partial charge < -0.3 is 10.1 Å². The SMILES string of the molecule is CCCNC(COCCC)Cc1ccn(C)n1. The predicted octanol–water partition coefficient (Wildman–Crippen LogP) is 1.76. The standard InChI is InChI=1S/C13H25N3O/c1-4-7-14-13(11-17-9-5-2)10-12-6-8-16(3)15-12/h6,8,13-14H,4-5,7,9-11H2,1-3H3. The van der Waals surface area contributed by atoms with Crippen molar-refractivity contribution in [3.05, 3.63) is 18.0 Å². The number of nitrogens with one attached hydrogen (secondary N) is 1. The van der Waals surface area contributed by atoms with Crippen LogP contribution in [0.15, 0.2) is 12.3 Å². The average molecular weight is 239 g/mol. The summed E-state index contributed by atoms with van der Waals surface area (Å²) in [5, 5.41) is 7.92. The highest BCUT2D eigenvalue weighted by Crippen LogP contribution is 2.01. The molecule has 1 rings (SSSR count). The first kappa shape index (κ1) is 14.2. The summed E-state index contributed by atoms with van der Waals surface area (Å²) >= 11 is 0. The van der Waals surface area contributed by atoms with Crippen LogP contribution < -0.4 is 5.32 Å². The van der Waals surface area contributed by atoms with E-state index in [0.717, 1.165) is 44.7 Å². The number of aromatic nitrogens is 2. The molecule has 0 saturated heterocycles. The van der Waals surface area contributed by atoms with E-state index < -0.39 is 0 Å². The maximum Gasteiger partial charge on any atom is 0.0640 e. The van der Waals surface area contributed by atoms with Gasteiger partial charge in [-0.2, -0.15) is 5.10 Å². The van der Waals surface area contributed by atoms with Gasteiger partial charge in [-0.25, -0.2) is 0 Å². The van der Waals surface area contributed by atoms with Crippen LogP contribution in [0.5, 0.6) is 0 Å². The van der Waals surface area contributed by atoms with Crippen molar-refractivity contribution in [2.24, 2.45) is 7.05 Å². The summed E-state index contributed by atoms with van der Waals surface area (Å²) in [4.78, 5) is 0. The highest BCUT2D eigenvalue weighted by atomic mass is 16.5. The number of aryl methyl sites for hydroxylation is 1. The van der Waals surface area contributed by atoms with Gasteiger partial charge in [0.15, 0.2) is 0 Å². The van der Waals surface area contributed by atoms with Gasteiger partial charge in [-0.3, -0.25) is 4.68 Å². The normalized spacial score (nSPS) is 12.9. The minimum Gasteiger partial charge on any atom is -0.380 e. The molecule has 4 nitrogen and oxygen atoms in total. The molecule has 1 aromatic rings. The van der Waals surface area contributed by atoms with Crippen LogP contribution in [0.2, 0.25) is 0 Å². The largest absolute Gasteiger partial charge is 0.380 e. The second kappa shape index (κ2) is 8.25. The molecule has 1 aromatic heterocycles. The first-order valence-corrected chi connectivity index (χ1v) is 6.55. The van der Waals surface area contributed by atoms with Gasteiger partial charge in [-0.05, 0) is 25.5 Å². The average Bonchev–Trinajstić information content (AvgIpc) is 2.72. The molecule has 1 heterocycles. The molecular formula is C13H25N3O. The molecule has 0 amide bonds. The quantitative estimate of drug-likeness (QED) is 0.667. The zero-order valence-electron chi connectivity index (χ0n) is 11.3. The minimum absolute atomic E-state index is 0.372. The summed E-state index contributed by atoms with van der Waals surface area (Å²) in [6, 6.07) is 2.44. The lowest BCUT2D eigenvalue weighted by molar-refractivity contribution is 0.111.